The van der Waals surface area contributed by atoms with E-state index in [1.54, 1.807) is 0 Å². The van der Waals surface area contributed by atoms with Gasteiger partial charge in [0.1, 0.15) is 5.76 Å². The summed E-state index contributed by atoms with van der Waals surface area (Å²) < 4.78 is 10.3. The van der Waals surface area contributed by atoms with Gasteiger partial charge in [-0.05, 0) is 36.8 Å². The van der Waals surface area contributed by atoms with E-state index in [9.17, 15) is 4.79 Å². The van der Waals surface area contributed by atoms with E-state index in [-0.39, 0.29) is 5.97 Å². The van der Waals surface area contributed by atoms with E-state index in [0.29, 0.717) is 5.92 Å². The number of hydrogen-bond donors (Lipinski definition) is 0. The molecule has 0 aromatic carbocycles. The molecule has 1 aliphatic heterocycles. The summed E-state index contributed by atoms with van der Waals surface area (Å²) >= 11 is 0. The second-order valence-corrected chi connectivity index (χ2v) is 4.14. The highest BCUT2D eigenvalue weighted by Crippen LogP contribution is 2.33. The second-order valence-electron chi connectivity index (χ2n) is 4.14. The Morgan fingerprint density at radius 1 is 1.60 bits per heavy atom. The Labute approximate surface area is 89.8 Å². The van der Waals surface area contributed by atoms with Gasteiger partial charge in [-0.15, -0.1) is 0 Å². The molecule has 1 aliphatic carbocycles. The maximum absolute atomic E-state index is 11.3. The molecular weight excluding hydrogens is 192 g/mol. The quantitative estimate of drug-likeness (QED) is 0.620. The predicted molar refractivity (Wildman–Crippen MR) is 56.1 cm³/mol. The van der Waals surface area contributed by atoms with Crippen LogP contribution in [0.5, 0.6) is 0 Å². The molecule has 2 aliphatic rings. The molecule has 0 radical (unpaired) electrons. The van der Waals surface area contributed by atoms with Crippen LogP contribution in [-0.2, 0) is 14.3 Å². The van der Waals surface area contributed by atoms with Crippen molar-refractivity contribution in [3.05, 3.63) is 23.5 Å². The smallest absolute Gasteiger partial charge is 0.347 e. The van der Waals surface area contributed by atoms with Crippen LogP contribution >= 0.6 is 0 Å². The van der Waals surface area contributed by atoms with E-state index in [1.807, 2.05) is 0 Å². The molecule has 0 aromatic heterocycles. The molecule has 82 valence electrons. The molecule has 0 N–H and O–H groups in total. The van der Waals surface area contributed by atoms with Gasteiger partial charge in [0.05, 0.1) is 7.11 Å². The van der Waals surface area contributed by atoms with Crippen molar-refractivity contribution >= 4 is 5.97 Å². The van der Waals surface area contributed by atoms with Crippen molar-refractivity contribution in [2.24, 2.45) is 5.92 Å². The lowest BCUT2D eigenvalue weighted by molar-refractivity contribution is -0.152. The minimum atomic E-state index is -0.413. The van der Waals surface area contributed by atoms with Crippen molar-refractivity contribution < 1.29 is 14.3 Å². The van der Waals surface area contributed by atoms with Crippen molar-refractivity contribution in [3.63, 3.8) is 0 Å². The number of allylic oxidation sites excluding steroid dienone is 3. The molecule has 0 spiro atoms. The summed E-state index contributed by atoms with van der Waals surface area (Å²) in [7, 11) is 1.40. The number of carbonyl (C=O) groups is 1. The second kappa shape index (κ2) is 4.09. The van der Waals surface area contributed by atoms with Gasteiger partial charge in [-0.2, -0.15) is 0 Å². The summed E-state index contributed by atoms with van der Waals surface area (Å²) in [6, 6.07) is 0. The van der Waals surface area contributed by atoms with Crippen LogP contribution in [0.1, 0.15) is 26.2 Å². The Hall–Kier alpha value is -1.25. The number of esters is 1. The zero-order chi connectivity index (χ0) is 10.8. The number of fused-ring (bicyclic) bond motifs is 1. The van der Waals surface area contributed by atoms with Crippen LogP contribution in [0.4, 0.5) is 0 Å². The van der Waals surface area contributed by atoms with Crippen molar-refractivity contribution in [2.75, 3.05) is 7.11 Å². The third-order valence-corrected chi connectivity index (χ3v) is 2.90. The SMILES string of the molecule is COC(=O)C1CCC2=CCC(C)C=C2O1. The molecule has 0 aromatic rings. The van der Waals surface area contributed by atoms with Gasteiger partial charge in [0, 0.05) is 0 Å². The summed E-state index contributed by atoms with van der Waals surface area (Å²) in [6.07, 6.45) is 6.62. The maximum Gasteiger partial charge on any atom is 0.347 e. The summed E-state index contributed by atoms with van der Waals surface area (Å²) in [4.78, 5) is 11.3. The first-order valence-corrected chi connectivity index (χ1v) is 5.36. The number of rotatable bonds is 1. The van der Waals surface area contributed by atoms with E-state index in [4.69, 9.17) is 4.74 Å². The van der Waals surface area contributed by atoms with E-state index in [1.165, 1.54) is 12.7 Å². The predicted octanol–water partition coefficient (Wildman–Crippen LogP) is 2.19. The normalized spacial score (nSPS) is 29.5. The van der Waals surface area contributed by atoms with Crippen LogP contribution < -0.4 is 0 Å². The van der Waals surface area contributed by atoms with E-state index < -0.39 is 6.10 Å². The molecule has 0 amide bonds. The topological polar surface area (TPSA) is 35.5 Å². The molecule has 1 heterocycles. The zero-order valence-electron chi connectivity index (χ0n) is 9.16. The fourth-order valence-corrected chi connectivity index (χ4v) is 2.00. The summed E-state index contributed by atoms with van der Waals surface area (Å²) in [5, 5.41) is 0. The van der Waals surface area contributed by atoms with E-state index in [2.05, 4.69) is 23.8 Å². The average Bonchev–Trinajstić information content (AvgIpc) is 2.27. The van der Waals surface area contributed by atoms with Crippen molar-refractivity contribution in [3.8, 4) is 0 Å². The lowest BCUT2D eigenvalue weighted by Gasteiger charge is -2.29. The third-order valence-electron chi connectivity index (χ3n) is 2.90. The van der Waals surface area contributed by atoms with Crippen molar-refractivity contribution in [1.82, 2.24) is 0 Å². The fourth-order valence-electron chi connectivity index (χ4n) is 2.00. The highest BCUT2D eigenvalue weighted by molar-refractivity contribution is 5.75. The molecule has 1 fully saturated rings. The first kappa shape index (κ1) is 10.3. The maximum atomic E-state index is 11.3. The van der Waals surface area contributed by atoms with Crippen LogP contribution in [0.2, 0.25) is 0 Å². The van der Waals surface area contributed by atoms with Crippen LogP contribution in [0.3, 0.4) is 0 Å². The van der Waals surface area contributed by atoms with E-state index >= 15 is 0 Å². The Morgan fingerprint density at radius 2 is 2.40 bits per heavy atom. The Morgan fingerprint density at radius 3 is 3.13 bits per heavy atom. The van der Waals surface area contributed by atoms with Crippen LogP contribution in [-0.4, -0.2) is 19.2 Å². The molecule has 15 heavy (non-hydrogen) atoms. The molecule has 1 saturated heterocycles. The molecule has 3 nitrogen and oxygen atoms in total. The van der Waals surface area contributed by atoms with Gasteiger partial charge < -0.3 is 9.47 Å². The van der Waals surface area contributed by atoms with E-state index in [0.717, 1.165) is 25.0 Å². The van der Waals surface area contributed by atoms with Gasteiger partial charge >= 0.3 is 5.97 Å². The number of methoxy groups -OCH3 is 1. The first-order chi connectivity index (χ1) is 7.20. The molecule has 2 unspecified atom stereocenters. The molecule has 3 heteroatoms. The fraction of sp³-hybridized carbons (Fsp3) is 0.583. The van der Waals surface area contributed by atoms with Crippen LogP contribution in [0.15, 0.2) is 23.5 Å². The number of ether oxygens (including phenoxy) is 2. The van der Waals surface area contributed by atoms with Gasteiger partial charge in [0.15, 0.2) is 6.10 Å². The highest BCUT2D eigenvalue weighted by Gasteiger charge is 2.29. The molecule has 2 atom stereocenters. The van der Waals surface area contributed by atoms with Gasteiger partial charge in [-0.1, -0.05) is 13.0 Å². The van der Waals surface area contributed by atoms with Gasteiger partial charge in [0.2, 0.25) is 0 Å². The largest absolute Gasteiger partial charge is 0.479 e. The average molecular weight is 208 g/mol. The Balaban J connectivity index is 2.10. The molecule has 0 saturated carbocycles. The Kier molecular flexibility index (Phi) is 2.80. The lowest BCUT2D eigenvalue weighted by Crippen LogP contribution is -2.30. The molecule has 0 bridgehead atoms. The zero-order valence-corrected chi connectivity index (χ0v) is 9.16. The Bertz CT molecular complexity index is 328. The molecule has 2 rings (SSSR count). The number of hydrogen-bond acceptors (Lipinski definition) is 3. The molecular formula is C12H16O3. The monoisotopic (exact) mass is 208 g/mol. The van der Waals surface area contributed by atoms with Crippen molar-refractivity contribution in [1.29, 1.82) is 0 Å². The van der Waals surface area contributed by atoms with Gasteiger partial charge in [-0.3, -0.25) is 0 Å². The van der Waals surface area contributed by atoms with Gasteiger partial charge in [-0.25, -0.2) is 4.79 Å². The van der Waals surface area contributed by atoms with Crippen molar-refractivity contribution in [2.45, 2.75) is 32.3 Å². The third kappa shape index (κ3) is 2.06. The highest BCUT2D eigenvalue weighted by atomic mass is 16.6. The number of carbonyl (C=O) groups excluding carboxylic acids is 1. The minimum absolute atomic E-state index is 0.270. The first-order valence-electron chi connectivity index (χ1n) is 5.36. The minimum Gasteiger partial charge on any atom is -0.479 e. The van der Waals surface area contributed by atoms with Crippen LogP contribution in [0, 0.1) is 5.92 Å². The summed E-state index contributed by atoms with van der Waals surface area (Å²) in [5.41, 5.74) is 1.24. The van der Waals surface area contributed by atoms with Crippen LogP contribution in [0.25, 0.3) is 0 Å². The van der Waals surface area contributed by atoms with Gasteiger partial charge in [0.25, 0.3) is 0 Å². The standard InChI is InChI=1S/C12H16O3/c1-8-3-4-9-5-6-10(12(13)14-2)15-11(9)7-8/h4,7-8,10H,3,5-6H2,1-2H3. The lowest BCUT2D eigenvalue weighted by atomic mass is 9.91. The summed E-state index contributed by atoms with van der Waals surface area (Å²) in [5.74, 6) is 1.11. The summed E-state index contributed by atoms with van der Waals surface area (Å²) in [6.45, 7) is 2.14.